The molecule has 2 aliphatic rings. The fourth-order valence-corrected chi connectivity index (χ4v) is 1.70. The van der Waals surface area contributed by atoms with Crippen LogP contribution in [-0.4, -0.2) is 0 Å². The predicted octanol–water partition coefficient (Wildman–Crippen LogP) is 3.20. The number of hydrogen-bond donors (Lipinski definition) is 0. The predicted molar refractivity (Wildman–Crippen MR) is 41.1 cm³/mol. The van der Waals surface area contributed by atoms with Crippen LogP contribution in [0.3, 0.4) is 0 Å². The molecule has 2 bridgehead atoms. The van der Waals surface area contributed by atoms with E-state index >= 15 is 0 Å². The third kappa shape index (κ3) is 2.70. The maximum absolute atomic E-state index is 4.81. The molecule has 2 saturated carbocycles. The summed E-state index contributed by atoms with van der Waals surface area (Å²) in [6, 6.07) is 0. The van der Waals surface area contributed by atoms with Gasteiger partial charge in [0.2, 0.25) is 0 Å². The van der Waals surface area contributed by atoms with Crippen molar-refractivity contribution in [3.63, 3.8) is 0 Å². The van der Waals surface area contributed by atoms with E-state index in [0.29, 0.717) is 0 Å². The van der Waals surface area contributed by atoms with Gasteiger partial charge in [-0.3, -0.25) is 0 Å². The van der Waals surface area contributed by atoms with Gasteiger partial charge in [0.05, 0.1) is 0 Å². The van der Waals surface area contributed by atoms with E-state index in [0.717, 1.165) is 11.8 Å². The van der Waals surface area contributed by atoms with Gasteiger partial charge in [0, 0.05) is 0 Å². The Kier molecular flexibility index (Phi) is 4.66. The van der Waals surface area contributed by atoms with Crippen molar-refractivity contribution in [2.24, 2.45) is 11.8 Å². The van der Waals surface area contributed by atoms with Crippen LogP contribution in [0, 0.1) is 24.7 Å². The summed E-state index contributed by atoms with van der Waals surface area (Å²) in [4.78, 5) is 0. The van der Waals surface area contributed by atoms with Gasteiger partial charge in [-0.1, -0.05) is 0 Å². The average molecular weight is 271 g/mol. The summed E-state index contributed by atoms with van der Waals surface area (Å²) in [5.74, 6) is 1.98. The van der Waals surface area contributed by atoms with Crippen molar-refractivity contribution in [3.05, 3.63) is 12.8 Å². The molecule has 3 heteroatoms. The quantitative estimate of drug-likeness (QED) is 0.594. The molecule has 2 radical (unpaired) electrons. The van der Waals surface area contributed by atoms with Crippen molar-refractivity contribution >= 4 is 19.1 Å². The van der Waals surface area contributed by atoms with Crippen molar-refractivity contribution in [1.29, 1.82) is 0 Å². The molecular weight excluding hydrogens is 261 g/mol. The molecule has 0 saturated heterocycles. The molecule has 0 unspecified atom stereocenters. The average Bonchev–Trinajstić information content (AvgIpc) is 2.49. The van der Waals surface area contributed by atoms with E-state index in [-0.39, 0.29) is 15.9 Å². The van der Waals surface area contributed by atoms with E-state index < -0.39 is 0 Å². The van der Waals surface area contributed by atoms with Crippen LogP contribution in [0.25, 0.3) is 0 Å². The molecular formula is C7H10Cl2Pd. The van der Waals surface area contributed by atoms with Crippen LogP contribution in [0.4, 0.5) is 0 Å². The second-order valence-electron chi connectivity index (χ2n) is 2.75. The van der Waals surface area contributed by atoms with Crippen molar-refractivity contribution in [1.82, 2.24) is 0 Å². The first-order chi connectivity index (χ1) is 4.86. The number of rotatable bonds is 0. The van der Waals surface area contributed by atoms with Crippen LogP contribution in [0.2, 0.25) is 0 Å². The molecule has 10 heavy (non-hydrogen) atoms. The molecule has 2 aliphatic carbocycles. The van der Waals surface area contributed by atoms with E-state index in [1.165, 1.54) is 19.3 Å². The summed E-state index contributed by atoms with van der Waals surface area (Å²) in [5, 5.41) is 0. The monoisotopic (exact) mass is 270 g/mol. The van der Waals surface area contributed by atoms with Crippen LogP contribution < -0.4 is 0 Å². The zero-order chi connectivity index (χ0) is 7.40. The molecule has 0 amide bonds. The Balaban J connectivity index is 0.000000148. The molecule has 0 aromatic heterocycles. The van der Waals surface area contributed by atoms with Gasteiger partial charge in [-0.2, -0.15) is 0 Å². The van der Waals surface area contributed by atoms with Crippen LogP contribution >= 0.6 is 19.1 Å². The van der Waals surface area contributed by atoms with Crippen LogP contribution in [0.5, 0.6) is 0 Å². The van der Waals surface area contributed by atoms with Crippen LogP contribution in [0.15, 0.2) is 0 Å². The molecule has 0 aliphatic heterocycles. The Hall–Kier alpha value is 1.24. The SMILES string of the molecule is [CH]1CC2C[CH]C1C2.[Cl][Pd][Cl]. The molecule has 0 atom stereocenters. The second-order valence-corrected chi connectivity index (χ2v) is 5.11. The van der Waals surface area contributed by atoms with Crippen LogP contribution in [-0.2, 0) is 15.9 Å². The van der Waals surface area contributed by atoms with Gasteiger partial charge in [0.1, 0.15) is 0 Å². The second kappa shape index (κ2) is 4.99. The topological polar surface area (TPSA) is 0 Å². The minimum atomic E-state index is -0.106. The Bertz CT molecular complexity index is 79.6. The summed E-state index contributed by atoms with van der Waals surface area (Å²) in [6.07, 6.45) is 9.19. The van der Waals surface area contributed by atoms with E-state index in [1.807, 2.05) is 0 Å². The summed E-state index contributed by atoms with van der Waals surface area (Å²) in [7, 11) is 9.63. The Morgan fingerprint density at radius 1 is 1.20 bits per heavy atom. The van der Waals surface area contributed by atoms with Gasteiger partial charge in [-0.25, -0.2) is 0 Å². The first-order valence-electron chi connectivity index (χ1n) is 3.36. The van der Waals surface area contributed by atoms with Gasteiger partial charge in [-0.05, 0) is 43.9 Å². The minimum absolute atomic E-state index is 0.106. The van der Waals surface area contributed by atoms with Gasteiger partial charge >= 0.3 is 35.0 Å². The number of fused-ring (bicyclic) bond motifs is 2. The Morgan fingerprint density at radius 3 is 1.80 bits per heavy atom. The Morgan fingerprint density at radius 2 is 1.70 bits per heavy atom. The zero-order valence-electron chi connectivity index (χ0n) is 5.50. The van der Waals surface area contributed by atoms with Gasteiger partial charge in [0.15, 0.2) is 0 Å². The summed E-state index contributed by atoms with van der Waals surface area (Å²) in [5.41, 5.74) is 0. The van der Waals surface area contributed by atoms with Crippen LogP contribution in [0.1, 0.15) is 19.3 Å². The first kappa shape index (κ1) is 9.33. The van der Waals surface area contributed by atoms with Crippen molar-refractivity contribution in [2.75, 3.05) is 0 Å². The normalized spacial score (nSPS) is 35.8. The Labute approximate surface area is 78.8 Å². The fraction of sp³-hybridized carbons (Fsp3) is 0.714. The summed E-state index contributed by atoms with van der Waals surface area (Å²) >= 11 is -0.106. The molecule has 0 aromatic rings. The molecule has 0 N–H and O–H groups in total. The van der Waals surface area contributed by atoms with Gasteiger partial charge in [-0.15, -0.1) is 0 Å². The van der Waals surface area contributed by atoms with E-state index in [1.54, 1.807) is 0 Å². The van der Waals surface area contributed by atoms with E-state index in [2.05, 4.69) is 12.8 Å². The third-order valence-electron chi connectivity index (χ3n) is 2.15. The molecule has 0 nitrogen and oxygen atoms in total. The standard InChI is InChI=1S/C7H10.2ClH.Pd/c1-2-7-4-3-6(1)5-7;;;/h1,3,6-7H,2,4-5H2;2*1H;/q;;;+2/p-2. The molecule has 2 rings (SSSR count). The zero-order valence-corrected chi connectivity index (χ0v) is 8.57. The molecule has 0 heterocycles. The number of hydrogen-bond acceptors (Lipinski definition) is 0. The summed E-state index contributed by atoms with van der Waals surface area (Å²) in [6.45, 7) is 0. The number of halogens is 2. The molecule has 62 valence electrons. The summed E-state index contributed by atoms with van der Waals surface area (Å²) < 4.78 is 0. The van der Waals surface area contributed by atoms with Crippen molar-refractivity contribution < 1.29 is 15.9 Å². The van der Waals surface area contributed by atoms with Crippen molar-refractivity contribution in [3.8, 4) is 0 Å². The van der Waals surface area contributed by atoms with E-state index in [9.17, 15) is 0 Å². The van der Waals surface area contributed by atoms with Gasteiger partial charge < -0.3 is 0 Å². The van der Waals surface area contributed by atoms with E-state index in [4.69, 9.17) is 19.1 Å². The molecule has 2 fully saturated rings. The van der Waals surface area contributed by atoms with Crippen molar-refractivity contribution in [2.45, 2.75) is 19.3 Å². The maximum atomic E-state index is 4.81. The molecule has 0 aromatic carbocycles. The first-order valence-corrected chi connectivity index (χ1v) is 7.36. The van der Waals surface area contributed by atoms with Gasteiger partial charge in [0.25, 0.3) is 0 Å². The third-order valence-corrected chi connectivity index (χ3v) is 2.15. The fourth-order valence-electron chi connectivity index (χ4n) is 1.70. The molecule has 0 spiro atoms.